The van der Waals surface area contributed by atoms with E-state index in [1.165, 1.54) is 16.7 Å². The van der Waals surface area contributed by atoms with Crippen LogP contribution in [0.1, 0.15) is 44.6 Å². The van der Waals surface area contributed by atoms with Crippen molar-refractivity contribution >= 4 is 22.2 Å². The summed E-state index contributed by atoms with van der Waals surface area (Å²) < 4.78 is 0. The predicted molar refractivity (Wildman–Crippen MR) is 144 cm³/mol. The Morgan fingerprint density at radius 3 is 2.35 bits per heavy atom. The Balaban J connectivity index is 0.00000158. The van der Waals surface area contributed by atoms with Crippen LogP contribution in [0.15, 0.2) is 78.9 Å². The molecule has 0 aliphatic heterocycles. The van der Waals surface area contributed by atoms with E-state index < -0.39 is 0 Å². The summed E-state index contributed by atoms with van der Waals surface area (Å²) in [7, 11) is 0. The van der Waals surface area contributed by atoms with E-state index in [0.29, 0.717) is 6.54 Å². The average Bonchev–Trinajstić information content (AvgIpc) is 2.87. The van der Waals surface area contributed by atoms with Crippen LogP contribution in [0, 0.1) is 13.8 Å². The zero-order valence-corrected chi connectivity index (χ0v) is 20.9. The molecule has 1 N–H and O–H groups in total. The first kappa shape index (κ1) is 24.8. The minimum absolute atomic E-state index is 0.703. The van der Waals surface area contributed by atoms with Crippen LogP contribution in [-0.2, 0) is 0 Å². The highest BCUT2D eigenvalue weighted by Crippen LogP contribution is 2.25. The summed E-state index contributed by atoms with van der Waals surface area (Å²) in [4.78, 5) is 17.8. The van der Waals surface area contributed by atoms with Gasteiger partial charge in [-0.1, -0.05) is 31.6 Å². The first-order chi connectivity index (χ1) is 16.5. The second-order valence-corrected chi connectivity index (χ2v) is 8.04. The SMILES string of the molecule is C/C(=C\C=C(/C)c1ccnc(C)c1)CNc1nccc2cc(-c3ccc(C)nc3)ncc12.CC. The number of pyridine rings is 4. The molecule has 5 nitrogen and oxygen atoms in total. The highest BCUT2D eigenvalue weighted by Gasteiger charge is 2.06. The summed E-state index contributed by atoms with van der Waals surface area (Å²) in [5.41, 5.74) is 7.55. The molecule has 0 aromatic carbocycles. The van der Waals surface area contributed by atoms with Gasteiger partial charge >= 0.3 is 0 Å². The smallest absolute Gasteiger partial charge is 0.135 e. The Morgan fingerprint density at radius 1 is 0.824 bits per heavy atom. The Bertz CT molecular complexity index is 1300. The molecule has 0 saturated heterocycles. The second kappa shape index (κ2) is 11.8. The van der Waals surface area contributed by atoms with E-state index in [1.54, 1.807) is 0 Å². The zero-order chi connectivity index (χ0) is 24.5. The first-order valence-corrected chi connectivity index (χ1v) is 11.7. The molecule has 174 valence electrons. The van der Waals surface area contributed by atoms with Gasteiger partial charge in [0, 0.05) is 53.7 Å². The topological polar surface area (TPSA) is 63.6 Å². The number of hydrogen-bond acceptors (Lipinski definition) is 5. The minimum atomic E-state index is 0.703. The molecule has 4 rings (SSSR count). The van der Waals surface area contributed by atoms with Crippen molar-refractivity contribution in [3.63, 3.8) is 0 Å². The third kappa shape index (κ3) is 6.35. The normalized spacial score (nSPS) is 11.7. The molecule has 0 fully saturated rings. The summed E-state index contributed by atoms with van der Waals surface area (Å²) in [6.45, 7) is 12.9. The largest absolute Gasteiger partial charge is 0.366 e. The minimum Gasteiger partial charge on any atom is -0.366 e. The number of fused-ring (bicyclic) bond motifs is 1. The molecule has 4 heterocycles. The van der Waals surface area contributed by atoms with Crippen LogP contribution in [0.2, 0.25) is 0 Å². The summed E-state index contributed by atoms with van der Waals surface area (Å²) in [6.07, 6.45) is 11.7. The van der Waals surface area contributed by atoms with E-state index in [9.17, 15) is 0 Å². The Hall–Kier alpha value is -3.86. The Kier molecular flexibility index (Phi) is 8.63. The van der Waals surface area contributed by atoms with Crippen LogP contribution in [0.3, 0.4) is 0 Å². The lowest BCUT2D eigenvalue weighted by atomic mass is 10.1. The van der Waals surface area contributed by atoms with Gasteiger partial charge in [0.25, 0.3) is 0 Å². The molecular formula is C29H33N5. The number of aromatic nitrogens is 4. The maximum Gasteiger partial charge on any atom is 0.135 e. The number of aryl methyl sites for hydroxylation is 2. The zero-order valence-electron chi connectivity index (χ0n) is 20.9. The highest BCUT2D eigenvalue weighted by atomic mass is 15.0. The van der Waals surface area contributed by atoms with Crippen molar-refractivity contribution < 1.29 is 0 Å². The van der Waals surface area contributed by atoms with Gasteiger partial charge in [-0.05, 0) is 80.6 Å². The molecule has 0 aliphatic carbocycles. The van der Waals surface area contributed by atoms with Crippen molar-refractivity contribution in [1.29, 1.82) is 0 Å². The summed E-state index contributed by atoms with van der Waals surface area (Å²) in [6, 6.07) is 12.3. The quantitative estimate of drug-likeness (QED) is 0.314. The number of allylic oxidation sites excluding steroid dienone is 3. The van der Waals surface area contributed by atoms with Gasteiger partial charge in [0.1, 0.15) is 5.82 Å². The van der Waals surface area contributed by atoms with Crippen molar-refractivity contribution in [3.8, 4) is 11.3 Å². The summed E-state index contributed by atoms with van der Waals surface area (Å²) in [5, 5.41) is 5.55. The van der Waals surface area contributed by atoms with Gasteiger partial charge < -0.3 is 5.32 Å². The fourth-order valence-corrected chi connectivity index (χ4v) is 3.42. The van der Waals surface area contributed by atoms with Gasteiger partial charge in [-0.2, -0.15) is 0 Å². The van der Waals surface area contributed by atoms with E-state index in [0.717, 1.165) is 39.2 Å². The molecule has 0 amide bonds. The number of nitrogens with one attached hydrogen (secondary N) is 1. The highest BCUT2D eigenvalue weighted by molar-refractivity contribution is 5.93. The molecule has 0 aliphatic rings. The molecule has 4 aromatic rings. The maximum atomic E-state index is 4.65. The van der Waals surface area contributed by atoms with Crippen molar-refractivity contribution in [3.05, 3.63) is 95.9 Å². The van der Waals surface area contributed by atoms with Crippen LogP contribution in [0.4, 0.5) is 5.82 Å². The number of nitrogens with zero attached hydrogens (tertiary/aromatic N) is 4. The van der Waals surface area contributed by atoms with E-state index in [1.807, 2.05) is 76.7 Å². The molecule has 34 heavy (non-hydrogen) atoms. The number of hydrogen-bond donors (Lipinski definition) is 1. The fraction of sp³-hybridized carbons (Fsp3) is 0.241. The molecule has 0 bridgehead atoms. The van der Waals surface area contributed by atoms with Gasteiger partial charge in [-0.25, -0.2) is 4.98 Å². The van der Waals surface area contributed by atoms with Gasteiger partial charge in [-0.15, -0.1) is 0 Å². The fourth-order valence-electron chi connectivity index (χ4n) is 3.42. The first-order valence-electron chi connectivity index (χ1n) is 11.7. The molecule has 0 spiro atoms. The Labute approximate surface area is 202 Å². The standard InChI is InChI=1S/C27H27N5.C2H6/c1-18(5-6-19(2)22-9-11-28-21(4)13-22)15-32-27-25-17-31-26(14-23(25)10-12-29-27)24-8-7-20(3)30-16-24;1-2/h5-14,16-17H,15H2,1-4H3,(H,29,32);1-2H3/b18-5+,19-6+;. The van der Waals surface area contributed by atoms with Crippen LogP contribution in [0.5, 0.6) is 0 Å². The number of anilines is 1. The molecule has 0 saturated carbocycles. The maximum absolute atomic E-state index is 4.65. The molecular weight excluding hydrogens is 418 g/mol. The molecule has 4 aromatic heterocycles. The molecule has 0 radical (unpaired) electrons. The van der Waals surface area contributed by atoms with Gasteiger partial charge in [0.15, 0.2) is 0 Å². The van der Waals surface area contributed by atoms with Crippen LogP contribution >= 0.6 is 0 Å². The molecule has 5 heteroatoms. The van der Waals surface area contributed by atoms with E-state index in [2.05, 4.69) is 63.4 Å². The third-order valence-corrected chi connectivity index (χ3v) is 5.36. The molecule has 0 atom stereocenters. The van der Waals surface area contributed by atoms with E-state index in [-0.39, 0.29) is 0 Å². The lowest BCUT2D eigenvalue weighted by Crippen LogP contribution is -2.05. The van der Waals surface area contributed by atoms with Crippen LogP contribution < -0.4 is 5.32 Å². The summed E-state index contributed by atoms with van der Waals surface area (Å²) >= 11 is 0. The van der Waals surface area contributed by atoms with E-state index in [4.69, 9.17) is 0 Å². The lowest BCUT2D eigenvalue weighted by molar-refractivity contribution is 1.17. The summed E-state index contributed by atoms with van der Waals surface area (Å²) in [5.74, 6) is 0.835. The van der Waals surface area contributed by atoms with Gasteiger partial charge in [0.05, 0.1) is 5.69 Å². The van der Waals surface area contributed by atoms with Gasteiger partial charge in [-0.3, -0.25) is 15.0 Å². The lowest BCUT2D eigenvalue weighted by Gasteiger charge is -2.10. The third-order valence-electron chi connectivity index (χ3n) is 5.36. The second-order valence-electron chi connectivity index (χ2n) is 8.04. The van der Waals surface area contributed by atoms with Crippen molar-refractivity contribution in [2.45, 2.75) is 41.5 Å². The van der Waals surface area contributed by atoms with E-state index >= 15 is 0 Å². The van der Waals surface area contributed by atoms with Crippen LogP contribution in [0.25, 0.3) is 27.6 Å². The van der Waals surface area contributed by atoms with Crippen molar-refractivity contribution in [1.82, 2.24) is 19.9 Å². The van der Waals surface area contributed by atoms with Gasteiger partial charge in [0.2, 0.25) is 0 Å². The van der Waals surface area contributed by atoms with Crippen molar-refractivity contribution in [2.75, 3.05) is 11.9 Å². The number of rotatable bonds is 6. The molecule has 0 unspecified atom stereocenters. The monoisotopic (exact) mass is 451 g/mol. The van der Waals surface area contributed by atoms with Crippen molar-refractivity contribution in [2.24, 2.45) is 0 Å². The Morgan fingerprint density at radius 2 is 1.62 bits per heavy atom. The average molecular weight is 452 g/mol. The van der Waals surface area contributed by atoms with Crippen LogP contribution in [-0.4, -0.2) is 26.5 Å². The predicted octanol–water partition coefficient (Wildman–Crippen LogP) is 7.19.